The van der Waals surface area contributed by atoms with Crippen LogP contribution >= 0.6 is 0 Å². The third kappa shape index (κ3) is 3.07. The maximum Gasteiger partial charge on any atom is 0.291 e. The maximum atomic E-state index is 13.5. The number of rotatable bonds is 4. The summed E-state index contributed by atoms with van der Waals surface area (Å²) in [7, 11) is -0.253. The van der Waals surface area contributed by atoms with Gasteiger partial charge in [0, 0.05) is 6.04 Å². The first-order valence-corrected chi connectivity index (χ1v) is 12.0. The molecule has 0 N–H and O–H groups in total. The smallest absolute Gasteiger partial charge is 0.291 e. The molecule has 0 radical (unpaired) electrons. The van der Waals surface area contributed by atoms with Crippen molar-refractivity contribution in [3.05, 3.63) is 69.6 Å². The summed E-state index contributed by atoms with van der Waals surface area (Å²) >= 11 is 0. The second kappa shape index (κ2) is 7.37. The largest absolute Gasteiger partial charge is 0.493 e. The molecule has 2 atom stereocenters. The summed E-state index contributed by atoms with van der Waals surface area (Å²) in [6.45, 7) is 0. The molecule has 3 heterocycles. The number of hydrogen-bond acceptors (Lipinski definition) is 7. The van der Waals surface area contributed by atoms with Crippen LogP contribution in [0.15, 0.2) is 51.7 Å². The monoisotopic (exact) mass is 455 g/mol. The second-order valence-corrected chi connectivity index (χ2v) is 10.2. The predicted octanol–water partition coefficient (Wildman–Crippen LogP) is 2.54. The van der Waals surface area contributed by atoms with E-state index in [4.69, 9.17) is 13.9 Å². The highest BCUT2D eigenvalue weighted by Gasteiger charge is 2.48. The Labute approximate surface area is 184 Å². The lowest BCUT2D eigenvalue weighted by atomic mass is 9.97. The van der Waals surface area contributed by atoms with Gasteiger partial charge in [0.05, 0.1) is 42.7 Å². The summed E-state index contributed by atoms with van der Waals surface area (Å²) in [4.78, 5) is 28.5. The standard InChI is InChI=1S/C23H21NO7S/c1-29-17-8-7-13(11-18(17)30-2)20-19-21(25)15-5-3-4-6-16(15)31-22(19)23(26)24(20)14-9-10-32(27,28)12-14/h3-8,11,14,20H,9-10,12H2,1-2H3/t14-,20+/m1/s1. The Morgan fingerprint density at radius 2 is 1.78 bits per heavy atom. The van der Waals surface area contributed by atoms with Crippen LogP contribution in [0.5, 0.6) is 11.5 Å². The van der Waals surface area contributed by atoms with Gasteiger partial charge in [-0.05, 0) is 36.2 Å². The van der Waals surface area contributed by atoms with Crippen molar-refractivity contribution in [3.63, 3.8) is 0 Å². The number of para-hydroxylation sites is 1. The molecule has 0 saturated carbocycles. The van der Waals surface area contributed by atoms with Gasteiger partial charge in [-0.1, -0.05) is 18.2 Å². The quantitative estimate of drug-likeness (QED) is 0.596. The lowest BCUT2D eigenvalue weighted by Gasteiger charge is -2.30. The number of nitrogens with zero attached hydrogens (tertiary/aromatic N) is 1. The Morgan fingerprint density at radius 3 is 2.47 bits per heavy atom. The molecule has 0 aliphatic carbocycles. The lowest BCUT2D eigenvalue weighted by Crippen LogP contribution is -2.40. The van der Waals surface area contributed by atoms with Crippen LogP contribution in [0.2, 0.25) is 0 Å². The Hall–Kier alpha value is -3.33. The molecule has 1 aromatic heterocycles. The average Bonchev–Trinajstić information content (AvgIpc) is 3.29. The lowest BCUT2D eigenvalue weighted by molar-refractivity contribution is 0.0662. The Balaban J connectivity index is 1.76. The van der Waals surface area contributed by atoms with Crippen LogP contribution in [0, 0.1) is 0 Å². The first-order valence-electron chi connectivity index (χ1n) is 10.2. The number of methoxy groups -OCH3 is 2. The predicted molar refractivity (Wildman–Crippen MR) is 117 cm³/mol. The fourth-order valence-electron chi connectivity index (χ4n) is 4.66. The molecule has 2 aliphatic heterocycles. The molecule has 9 heteroatoms. The molecule has 32 heavy (non-hydrogen) atoms. The second-order valence-electron chi connectivity index (χ2n) is 7.96. The van der Waals surface area contributed by atoms with E-state index in [1.54, 1.807) is 42.5 Å². The van der Waals surface area contributed by atoms with Crippen molar-refractivity contribution in [2.24, 2.45) is 0 Å². The summed E-state index contributed by atoms with van der Waals surface area (Å²) in [5, 5.41) is 0.366. The van der Waals surface area contributed by atoms with E-state index >= 15 is 0 Å². The Morgan fingerprint density at radius 1 is 1.03 bits per heavy atom. The number of carbonyl (C=O) groups excluding carboxylic acids is 1. The number of sulfone groups is 1. The van der Waals surface area contributed by atoms with E-state index < -0.39 is 27.8 Å². The molecule has 0 unspecified atom stereocenters. The molecule has 2 aromatic carbocycles. The van der Waals surface area contributed by atoms with Gasteiger partial charge in [0.2, 0.25) is 5.76 Å². The van der Waals surface area contributed by atoms with Crippen molar-refractivity contribution in [2.75, 3.05) is 25.7 Å². The van der Waals surface area contributed by atoms with Crippen LogP contribution in [0.25, 0.3) is 11.0 Å². The van der Waals surface area contributed by atoms with E-state index in [1.807, 2.05) is 0 Å². The zero-order valence-corrected chi connectivity index (χ0v) is 18.3. The number of ether oxygens (including phenoxy) is 2. The Bertz CT molecular complexity index is 1410. The Kier molecular flexibility index (Phi) is 4.74. The molecule has 2 aliphatic rings. The molecular formula is C23H21NO7S. The summed E-state index contributed by atoms with van der Waals surface area (Å²) < 4.78 is 41.0. The first-order chi connectivity index (χ1) is 15.3. The third-order valence-electron chi connectivity index (χ3n) is 6.14. The number of benzene rings is 2. The molecule has 5 rings (SSSR count). The van der Waals surface area contributed by atoms with Crippen molar-refractivity contribution < 1.29 is 27.1 Å². The summed E-state index contributed by atoms with van der Waals surface area (Å²) in [6.07, 6.45) is 0.305. The van der Waals surface area contributed by atoms with E-state index in [0.717, 1.165) is 0 Å². The van der Waals surface area contributed by atoms with Crippen LogP contribution in [0.4, 0.5) is 0 Å². The van der Waals surface area contributed by atoms with Crippen LogP contribution in [-0.2, 0) is 9.84 Å². The summed E-state index contributed by atoms with van der Waals surface area (Å²) in [5.74, 6) is 0.267. The van der Waals surface area contributed by atoms with E-state index in [-0.39, 0.29) is 28.3 Å². The summed E-state index contributed by atoms with van der Waals surface area (Å²) in [6, 6.07) is 10.5. The van der Waals surface area contributed by atoms with Gasteiger partial charge in [0.15, 0.2) is 26.8 Å². The van der Waals surface area contributed by atoms with Crippen LogP contribution < -0.4 is 14.9 Å². The minimum atomic E-state index is -3.27. The molecule has 8 nitrogen and oxygen atoms in total. The summed E-state index contributed by atoms with van der Waals surface area (Å²) in [5.41, 5.74) is 0.835. The number of hydrogen-bond donors (Lipinski definition) is 0. The van der Waals surface area contributed by atoms with Gasteiger partial charge >= 0.3 is 0 Å². The van der Waals surface area contributed by atoms with Crippen molar-refractivity contribution in [2.45, 2.75) is 18.5 Å². The minimum Gasteiger partial charge on any atom is -0.493 e. The van der Waals surface area contributed by atoms with Gasteiger partial charge in [-0.15, -0.1) is 0 Å². The van der Waals surface area contributed by atoms with Crippen molar-refractivity contribution in [3.8, 4) is 11.5 Å². The molecule has 1 saturated heterocycles. The van der Waals surface area contributed by atoms with Crippen molar-refractivity contribution in [1.82, 2.24) is 4.90 Å². The molecule has 1 fully saturated rings. The van der Waals surface area contributed by atoms with E-state index in [1.165, 1.54) is 19.1 Å². The zero-order valence-electron chi connectivity index (χ0n) is 17.5. The SMILES string of the molecule is COc1ccc([C@H]2c3c(oc4ccccc4c3=O)C(=O)N2[C@@H]2CCS(=O)(=O)C2)cc1OC. The highest BCUT2D eigenvalue weighted by molar-refractivity contribution is 7.91. The van der Waals surface area contributed by atoms with Crippen LogP contribution in [0.3, 0.4) is 0 Å². The van der Waals surface area contributed by atoms with Crippen molar-refractivity contribution >= 4 is 26.7 Å². The van der Waals surface area contributed by atoms with Crippen LogP contribution in [0.1, 0.15) is 34.1 Å². The number of amides is 1. The minimum absolute atomic E-state index is 0.000202. The fraction of sp³-hybridized carbons (Fsp3) is 0.304. The maximum absolute atomic E-state index is 13.5. The van der Waals surface area contributed by atoms with Gasteiger partial charge in [-0.3, -0.25) is 9.59 Å². The molecule has 0 spiro atoms. The van der Waals surface area contributed by atoms with Gasteiger partial charge in [-0.25, -0.2) is 8.42 Å². The van der Waals surface area contributed by atoms with Gasteiger partial charge in [0.25, 0.3) is 5.91 Å². The third-order valence-corrected chi connectivity index (χ3v) is 7.89. The average molecular weight is 455 g/mol. The molecule has 1 amide bonds. The number of carbonyl (C=O) groups is 1. The van der Waals surface area contributed by atoms with E-state index in [2.05, 4.69) is 0 Å². The van der Waals surface area contributed by atoms with E-state index in [9.17, 15) is 18.0 Å². The highest BCUT2D eigenvalue weighted by atomic mass is 32.2. The van der Waals surface area contributed by atoms with Crippen molar-refractivity contribution in [1.29, 1.82) is 0 Å². The topological polar surface area (TPSA) is 103 Å². The van der Waals surface area contributed by atoms with Crippen LogP contribution in [-0.4, -0.2) is 51.0 Å². The van der Waals surface area contributed by atoms with Gasteiger partial charge < -0.3 is 18.8 Å². The highest BCUT2D eigenvalue weighted by Crippen LogP contribution is 2.43. The molecule has 3 aromatic rings. The van der Waals surface area contributed by atoms with E-state index in [0.29, 0.717) is 34.5 Å². The molecule has 166 valence electrons. The normalized spacial score (nSPS) is 21.7. The van der Waals surface area contributed by atoms with Gasteiger partial charge in [-0.2, -0.15) is 0 Å². The first kappa shape index (κ1) is 20.6. The molecule has 0 bridgehead atoms. The number of fused-ring (bicyclic) bond motifs is 2. The zero-order chi connectivity index (χ0) is 22.6. The van der Waals surface area contributed by atoms with Gasteiger partial charge in [0.1, 0.15) is 5.58 Å². The fourth-order valence-corrected chi connectivity index (χ4v) is 6.37. The molecular weight excluding hydrogens is 434 g/mol.